The van der Waals surface area contributed by atoms with Gasteiger partial charge in [0.15, 0.2) is 0 Å². The molecule has 1 N–H and O–H groups in total. The second-order valence-electron chi connectivity index (χ2n) is 2.72. The van der Waals surface area contributed by atoms with Crippen LogP contribution in [0.15, 0.2) is 23.2 Å². The number of nitro benzene ring substituents is 1. The Morgan fingerprint density at radius 1 is 1.60 bits per heavy atom. The number of nitrogens with zero attached hydrogens (tertiary/aromatic N) is 2. The number of rotatable bonds is 4. The van der Waals surface area contributed by atoms with Crippen molar-refractivity contribution < 1.29 is 10.0 Å². The maximum absolute atomic E-state index is 10.5. The monoisotopic (exact) mass is 228 g/mol. The molecule has 0 heterocycles. The second-order valence-corrected chi connectivity index (χ2v) is 3.13. The molecule has 0 radical (unpaired) electrons. The largest absolute Gasteiger partial charge is 0.394 e. The van der Waals surface area contributed by atoms with Gasteiger partial charge in [-0.25, -0.2) is 0 Å². The molecular formula is C9H9ClN2O3. The fourth-order valence-electron chi connectivity index (χ4n) is 0.964. The highest BCUT2D eigenvalue weighted by Crippen LogP contribution is 2.20. The second kappa shape index (κ2) is 5.43. The Hall–Kier alpha value is -1.46. The Morgan fingerprint density at radius 3 is 2.93 bits per heavy atom. The van der Waals surface area contributed by atoms with Crippen LogP contribution in [0.1, 0.15) is 5.56 Å². The van der Waals surface area contributed by atoms with Gasteiger partial charge in [0.2, 0.25) is 0 Å². The first-order chi connectivity index (χ1) is 7.15. The van der Waals surface area contributed by atoms with Crippen LogP contribution in [-0.2, 0) is 0 Å². The summed E-state index contributed by atoms with van der Waals surface area (Å²) < 4.78 is 0. The number of hydrogen-bond donors (Lipinski definition) is 1. The molecule has 1 aromatic carbocycles. The van der Waals surface area contributed by atoms with E-state index in [1.54, 1.807) is 0 Å². The van der Waals surface area contributed by atoms with Gasteiger partial charge in [-0.15, -0.1) is 0 Å². The number of aliphatic hydroxyl groups excluding tert-OH is 1. The molecular weight excluding hydrogens is 220 g/mol. The fourth-order valence-corrected chi connectivity index (χ4v) is 1.13. The zero-order chi connectivity index (χ0) is 11.3. The normalized spacial score (nSPS) is 10.8. The molecule has 80 valence electrons. The summed E-state index contributed by atoms with van der Waals surface area (Å²) >= 11 is 5.80. The van der Waals surface area contributed by atoms with Crippen LogP contribution in [-0.4, -0.2) is 29.4 Å². The molecule has 0 aliphatic heterocycles. The lowest BCUT2D eigenvalue weighted by Gasteiger charge is -1.97. The van der Waals surface area contributed by atoms with Crippen LogP contribution >= 0.6 is 11.6 Å². The maximum atomic E-state index is 10.5. The number of hydrogen-bond acceptors (Lipinski definition) is 4. The third kappa shape index (κ3) is 3.30. The van der Waals surface area contributed by atoms with E-state index in [1.165, 1.54) is 24.4 Å². The van der Waals surface area contributed by atoms with Crippen LogP contribution in [0, 0.1) is 10.1 Å². The van der Waals surface area contributed by atoms with Crippen molar-refractivity contribution in [3.63, 3.8) is 0 Å². The first-order valence-corrected chi connectivity index (χ1v) is 4.57. The summed E-state index contributed by atoms with van der Waals surface area (Å²) in [6.45, 7) is 0.183. The van der Waals surface area contributed by atoms with Crippen LogP contribution in [0.4, 0.5) is 5.69 Å². The molecule has 0 atom stereocenters. The number of non-ortho nitro benzene ring substituents is 1. The zero-order valence-corrected chi connectivity index (χ0v) is 8.52. The van der Waals surface area contributed by atoms with Gasteiger partial charge in [-0.3, -0.25) is 15.1 Å². The first kappa shape index (κ1) is 11.6. The highest BCUT2D eigenvalue weighted by atomic mass is 35.5. The van der Waals surface area contributed by atoms with Crippen LogP contribution in [0.5, 0.6) is 0 Å². The zero-order valence-electron chi connectivity index (χ0n) is 7.76. The Kier molecular flexibility index (Phi) is 4.20. The average molecular weight is 229 g/mol. The number of nitro groups is 1. The van der Waals surface area contributed by atoms with Crippen molar-refractivity contribution in [1.29, 1.82) is 0 Å². The van der Waals surface area contributed by atoms with Crippen molar-refractivity contribution >= 4 is 23.5 Å². The number of aliphatic imine (C=N–C) groups is 1. The third-order valence-corrected chi connectivity index (χ3v) is 1.99. The molecule has 1 rings (SSSR count). The summed E-state index contributed by atoms with van der Waals surface area (Å²) in [6, 6.07) is 4.11. The molecule has 0 aliphatic carbocycles. The Balaban J connectivity index is 2.95. The highest BCUT2D eigenvalue weighted by molar-refractivity contribution is 6.33. The summed E-state index contributed by atoms with van der Waals surface area (Å²) in [5, 5.41) is 19.4. The summed E-state index contributed by atoms with van der Waals surface area (Å²) in [5.41, 5.74) is 0.434. The molecule has 6 heteroatoms. The Bertz CT molecular complexity index is 393. The van der Waals surface area contributed by atoms with Crippen LogP contribution in [0.25, 0.3) is 0 Å². The smallest absolute Gasteiger partial charge is 0.270 e. The number of aliphatic hydroxyl groups is 1. The molecule has 0 aromatic heterocycles. The van der Waals surface area contributed by atoms with Crippen molar-refractivity contribution in [3.05, 3.63) is 38.9 Å². The summed E-state index contributed by atoms with van der Waals surface area (Å²) in [4.78, 5) is 13.8. The van der Waals surface area contributed by atoms with E-state index >= 15 is 0 Å². The van der Waals surface area contributed by atoms with E-state index in [4.69, 9.17) is 16.7 Å². The highest BCUT2D eigenvalue weighted by Gasteiger charge is 2.07. The summed E-state index contributed by atoms with van der Waals surface area (Å²) in [6.07, 6.45) is 1.41. The van der Waals surface area contributed by atoms with E-state index < -0.39 is 4.92 Å². The van der Waals surface area contributed by atoms with Crippen molar-refractivity contribution in [1.82, 2.24) is 0 Å². The van der Waals surface area contributed by atoms with Crippen molar-refractivity contribution in [2.24, 2.45) is 4.99 Å². The molecule has 0 saturated carbocycles. The molecule has 0 aliphatic rings. The molecule has 15 heavy (non-hydrogen) atoms. The van der Waals surface area contributed by atoms with Gasteiger partial charge in [-0.05, 0) is 6.07 Å². The lowest BCUT2D eigenvalue weighted by molar-refractivity contribution is -0.384. The summed E-state index contributed by atoms with van der Waals surface area (Å²) in [7, 11) is 0. The molecule has 0 spiro atoms. The van der Waals surface area contributed by atoms with Crippen molar-refractivity contribution in [2.75, 3.05) is 13.2 Å². The molecule has 5 nitrogen and oxygen atoms in total. The van der Waals surface area contributed by atoms with Crippen LogP contribution < -0.4 is 0 Å². The number of benzene rings is 1. The molecule has 0 saturated heterocycles. The predicted octanol–water partition coefficient (Wildman–Crippen LogP) is 1.66. The van der Waals surface area contributed by atoms with E-state index in [-0.39, 0.29) is 18.8 Å². The van der Waals surface area contributed by atoms with Gasteiger partial charge in [-0.2, -0.15) is 0 Å². The average Bonchev–Trinajstić information content (AvgIpc) is 2.20. The number of halogens is 1. The van der Waals surface area contributed by atoms with E-state index in [1.807, 2.05) is 0 Å². The third-order valence-electron chi connectivity index (χ3n) is 1.65. The molecule has 0 fully saturated rings. The molecule has 0 bridgehead atoms. The topological polar surface area (TPSA) is 75.7 Å². The van der Waals surface area contributed by atoms with Gasteiger partial charge < -0.3 is 5.11 Å². The minimum atomic E-state index is -0.500. The van der Waals surface area contributed by atoms with E-state index in [0.29, 0.717) is 10.6 Å². The molecule has 1 aromatic rings. The summed E-state index contributed by atoms with van der Waals surface area (Å²) in [5.74, 6) is 0. The van der Waals surface area contributed by atoms with Gasteiger partial charge in [0, 0.05) is 28.9 Å². The van der Waals surface area contributed by atoms with Crippen LogP contribution in [0.2, 0.25) is 5.02 Å². The SMILES string of the molecule is O=[N+]([O-])c1ccc(Cl)c(C=NCCO)c1. The lowest BCUT2D eigenvalue weighted by Crippen LogP contribution is -1.93. The quantitative estimate of drug-likeness (QED) is 0.484. The van der Waals surface area contributed by atoms with Gasteiger partial charge in [-0.1, -0.05) is 11.6 Å². The lowest BCUT2D eigenvalue weighted by atomic mass is 10.2. The standard InChI is InChI=1S/C9H9ClN2O3/c10-9-2-1-8(12(14)15)5-7(9)6-11-3-4-13/h1-2,5-6,13H,3-4H2. The molecule has 0 amide bonds. The van der Waals surface area contributed by atoms with Crippen molar-refractivity contribution in [3.8, 4) is 0 Å². The first-order valence-electron chi connectivity index (χ1n) is 4.20. The van der Waals surface area contributed by atoms with Gasteiger partial charge in [0.05, 0.1) is 18.1 Å². The Labute approximate surface area is 91.2 Å². The van der Waals surface area contributed by atoms with Gasteiger partial charge in [0.25, 0.3) is 5.69 Å². The predicted molar refractivity (Wildman–Crippen MR) is 57.7 cm³/mol. The minimum absolute atomic E-state index is 0.0372. The fraction of sp³-hybridized carbons (Fsp3) is 0.222. The maximum Gasteiger partial charge on any atom is 0.270 e. The Morgan fingerprint density at radius 2 is 2.33 bits per heavy atom. The van der Waals surface area contributed by atoms with Crippen molar-refractivity contribution in [2.45, 2.75) is 0 Å². The van der Waals surface area contributed by atoms with E-state index in [0.717, 1.165) is 0 Å². The van der Waals surface area contributed by atoms with Crippen LogP contribution in [0.3, 0.4) is 0 Å². The minimum Gasteiger partial charge on any atom is -0.394 e. The van der Waals surface area contributed by atoms with E-state index in [9.17, 15) is 10.1 Å². The molecule has 0 unspecified atom stereocenters. The van der Waals surface area contributed by atoms with E-state index in [2.05, 4.69) is 4.99 Å². The van der Waals surface area contributed by atoms with Gasteiger partial charge in [0.1, 0.15) is 0 Å². The van der Waals surface area contributed by atoms with Gasteiger partial charge >= 0.3 is 0 Å².